The van der Waals surface area contributed by atoms with Crippen molar-refractivity contribution in [2.24, 2.45) is 5.92 Å². The van der Waals surface area contributed by atoms with E-state index in [0.29, 0.717) is 47.8 Å². The van der Waals surface area contributed by atoms with Crippen LogP contribution >= 0.6 is 15.9 Å². The first kappa shape index (κ1) is 18.4. The third-order valence-electron chi connectivity index (χ3n) is 2.86. The fourth-order valence-corrected chi connectivity index (χ4v) is 3.73. The second-order valence-corrected chi connectivity index (χ2v) is 7.99. The van der Waals surface area contributed by atoms with Crippen LogP contribution in [0.5, 0.6) is 0 Å². The van der Waals surface area contributed by atoms with Crippen LogP contribution in [0, 0.1) is 12.8 Å². The van der Waals surface area contributed by atoms with E-state index in [2.05, 4.69) is 34.5 Å². The maximum atomic E-state index is 12.3. The Kier molecular flexibility index (Phi) is 7.12. The molecule has 21 heavy (non-hydrogen) atoms. The molecule has 0 fully saturated rings. The molecule has 1 rings (SSSR count). The lowest BCUT2D eigenvalue weighted by Gasteiger charge is -2.12. The van der Waals surface area contributed by atoms with Gasteiger partial charge in [0.15, 0.2) is 0 Å². The number of hydrogen-bond donors (Lipinski definition) is 2. The molecule has 0 atom stereocenters. The fraction of sp³-hybridized carbons (Fsp3) is 0.571. The van der Waals surface area contributed by atoms with Gasteiger partial charge < -0.3 is 10.5 Å². The molecule has 0 amide bonds. The van der Waals surface area contributed by atoms with Crippen molar-refractivity contribution < 1.29 is 13.2 Å². The Bertz CT molecular complexity index is 574. The minimum atomic E-state index is -3.56. The summed E-state index contributed by atoms with van der Waals surface area (Å²) in [4.78, 5) is 0.206. The van der Waals surface area contributed by atoms with Crippen LogP contribution < -0.4 is 10.5 Å². The molecule has 0 heterocycles. The zero-order valence-corrected chi connectivity index (χ0v) is 15.1. The van der Waals surface area contributed by atoms with E-state index in [1.165, 1.54) is 0 Å². The Labute approximate surface area is 135 Å². The van der Waals surface area contributed by atoms with Gasteiger partial charge in [0.05, 0.1) is 4.90 Å². The van der Waals surface area contributed by atoms with Gasteiger partial charge in [0.1, 0.15) is 0 Å². The molecule has 0 aromatic heterocycles. The van der Waals surface area contributed by atoms with E-state index in [4.69, 9.17) is 10.5 Å². The number of halogens is 1. The summed E-state index contributed by atoms with van der Waals surface area (Å²) in [5.74, 6) is 0.481. The largest absolute Gasteiger partial charge is 0.398 e. The number of ether oxygens (including phenoxy) is 1. The van der Waals surface area contributed by atoms with E-state index in [1.807, 2.05) is 0 Å². The molecule has 1 aromatic carbocycles. The summed E-state index contributed by atoms with van der Waals surface area (Å²) >= 11 is 3.26. The molecule has 7 heteroatoms. The predicted molar refractivity (Wildman–Crippen MR) is 88.8 cm³/mol. The second kappa shape index (κ2) is 8.12. The van der Waals surface area contributed by atoms with E-state index in [9.17, 15) is 8.42 Å². The third kappa shape index (κ3) is 5.94. The van der Waals surface area contributed by atoms with E-state index < -0.39 is 10.0 Å². The van der Waals surface area contributed by atoms with Gasteiger partial charge in [-0.3, -0.25) is 0 Å². The van der Waals surface area contributed by atoms with Crippen molar-refractivity contribution in [2.75, 3.05) is 25.5 Å². The number of nitrogen functional groups attached to an aromatic ring is 1. The van der Waals surface area contributed by atoms with Gasteiger partial charge in [0.25, 0.3) is 0 Å². The molecule has 0 aliphatic heterocycles. The molecule has 0 spiro atoms. The number of benzene rings is 1. The van der Waals surface area contributed by atoms with Crippen LogP contribution in [0.15, 0.2) is 21.5 Å². The molecule has 3 N–H and O–H groups in total. The number of nitrogens with one attached hydrogen (secondary N) is 1. The van der Waals surface area contributed by atoms with Crippen molar-refractivity contribution in [3.05, 3.63) is 22.2 Å². The van der Waals surface area contributed by atoms with E-state index in [0.717, 1.165) is 0 Å². The first-order chi connectivity index (χ1) is 9.74. The Morgan fingerprint density at radius 3 is 2.67 bits per heavy atom. The highest BCUT2D eigenvalue weighted by Gasteiger charge is 2.18. The summed E-state index contributed by atoms with van der Waals surface area (Å²) < 4.78 is 33.2. The molecular formula is C14H23BrN2O3S. The molecule has 0 bridgehead atoms. The van der Waals surface area contributed by atoms with Crippen LogP contribution in [-0.2, 0) is 14.8 Å². The molecule has 0 aliphatic carbocycles. The van der Waals surface area contributed by atoms with E-state index >= 15 is 0 Å². The SMILES string of the molecule is Cc1c(N)cc(Br)cc1S(=O)(=O)NCCCOCC(C)C. The smallest absolute Gasteiger partial charge is 0.240 e. The number of anilines is 1. The average Bonchev–Trinajstić information content (AvgIpc) is 2.37. The van der Waals surface area contributed by atoms with Crippen molar-refractivity contribution in [2.45, 2.75) is 32.1 Å². The maximum Gasteiger partial charge on any atom is 0.240 e. The van der Waals surface area contributed by atoms with Gasteiger partial charge in [-0.15, -0.1) is 0 Å². The van der Waals surface area contributed by atoms with Crippen molar-refractivity contribution in [3.8, 4) is 0 Å². The molecular weight excluding hydrogens is 356 g/mol. The van der Waals surface area contributed by atoms with Gasteiger partial charge in [-0.05, 0) is 37.0 Å². The first-order valence-electron chi connectivity index (χ1n) is 6.87. The monoisotopic (exact) mass is 378 g/mol. The zero-order chi connectivity index (χ0) is 16.0. The van der Waals surface area contributed by atoms with Gasteiger partial charge in [0, 0.05) is 29.9 Å². The molecule has 0 radical (unpaired) electrons. The van der Waals surface area contributed by atoms with Crippen LogP contribution in [0.3, 0.4) is 0 Å². The number of hydrogen-bond acceptors (Lipinski definition) is 4. The summed E-state index contributed by atoms with van der Waals surface area (Å²) in [6.45, 7) is 7.41. The second-order valence-electron chi connectivity index (χ2n) is 5.34. The van der Waals surface area contributed by atoms with Gasteiger partial charge in [0.2, 0.25) is 10.0 Å². The minimum absolute atomic E-state index is 0.206. The molecule has 120 valence electrons. The molecule has 0 aliphatic rings. The average molecular weight is 379 g/mol. The van der Waals surface area contributed by atoms with Crippen LogP contribution in [0.25, 0.3) is 0 Å². The van der Waals surface area contributed by atoms with Gasteiger partial charge >= 0.3 is 0 Å². The predicted octanol–water partition coefficient (Wildman–Crippen LogP) is 2.68. The minimum Gasteiger partial charge on any atom is -0.398 e. The molecule has 1 aromatic rings. The molecule has 0 saturated carbocycles. The molecule has 5 nitrogen and oxygen atoms in total. The highest BCUT2D eigenvalue weighted by atomic mass is 79.9. The summed E-state index contributed by atoms with van der Waals surface area (Å²) in [7, 11) is -3.56. The quantitative estimate of drug-likeness (QED) is 0.538. The summed E-state index contributed by atoms with van der Waals surface area (Å²) in [6, 6.07) is 3.25. The van der Waals surface area contributed by atoms with Crippen LogP contribution in [0.4, 0.5) is 5.69 Å². The van der Waals surface area contributed by atoms with Gasteiger partial charge in [-0.25, -0.2) is 13.1 Å². The fourth-order valence-electron chi connectivity index (χ4n) is 1.73. The lowest BCUT2D eigenvalue weighted by atomic mass is 10.2. The Balaban J connectivity index is 2.59. The lowest BCUT2D eigenvalue weighted by molar-refractivity contribution is 0.108. The van der Waals surface area contributed by atoms with Crippen molar-refractivity contribution in [1.29, 1.82) is 0 Å². The molecule has 0 saturated heterocycles. The standard InChI is InChI=1S/C14H23BrN2O3S/c1-10(2)9-20-6-4-5-17-21(18,19)14-8-12(15)7-13(16)11(14)3/h7-8,10,17H,4-6,9,16H2,1-3H3. The number of nitrogens with two attached hydrogens (primary N) is 1. The van der Waals surface area contributed by atoms with Crippen LogP contribution in [0.2, 0.25) is 0 Å². The van der Waals surface area contributed by atoms with Crippen molar-refractivity contribution in [1.82, 2.24) is 4.72 Å². The first-order valence-corrected chi connectivity index (χ1v) is 9.14. The highest BCUT2D eigenvalue weighted by molar-refractivity contribution is 9.10. The van der Waals surface area contributed by atoms with Crippen LogP contribution in [0.1, 0.15) is 25.8 Å². The lowest BCUT2D eigenvalue weighted by Crippen LogP contribution is -2.26. The summed E-state index contributed by atoms with van der Waals surface area (Å²) in [5.41, 5.74) is 6.80. The number of rotatable bonds is 8. The summed E-state index contributed by atoms with van der Waals surface area (Å²) in [5, 5.41) is 0. The molecule has 0 unspecified atom stereocenters. The van der Waals surface area contributed by atoms with Crippen molar-refractivity contribution >= 4 is 31.6 Å². The Morgan fingerprint density at radius 2 is 2.05 bits per heavy atom. The summed E-state index contributed by atoms with van der Waals surface area (Å²) in [6.07, 6.45) is 0.633. The maximum absolute atomic E-state index is 12.3. The van der Waals surface area contributed by atoms with E-state index in [1.54, 1.807) is 19.1 Å². The highest BCUT2D eigenvalue weighted by Crippen LogP contribution is 2.26. The Morgan fingerprint density at radius 1 is 1.38 bits per heavy atom. The normalized spacial score (nSPS) is 12.0. The number of sulfonamides is 1. The van der Waals surface area contributed by atoms with Gasteiger partial charge in [-0.2, -0.15) is 0 Å². The van der Waals surface area contributed by atoms with Gasteiger partial charge in [-0.1, -0.05) is 29.8 Å². The van der Waals surface area contributed by atoms with Crippen LogP contribution in [-0.4, -0.2) is 28.2 Å². The van der Waals surface area contributed by atoms with E-state index in [-0.39, 0.29) is 4.90 Å². The topological polar surface area (TPSA) is 81.4 Å². The van der Waals surface area contributed by atoms with Crippen molar-refractivity contribution in [3.63, 3.8) is 0 Å². The third-order valence-corrected chi connectivity index (χ3v) is 4.91. The zero-order valence-electron chi connectivity index (χ0n) is 12.6. The Hall–Kier alpha value is -0.630.